The monoisotopic (exact) mass is 668 g/mol. The van der Waals surface area contributed by atoms with Gasteiger partial charge in [-0.15, -0.1) is 22.7 Å². The molecule has 1 N–H and O–H groups in total. The van der Waals surface area contributed by atoms with Gasteiger partial charge < -0.3 is 14.5 Å². The zero-order chi connectivity index (χ0) is 32.8. The van der Waals surface area contributed by atoms with Crippen LogP contribution in [0.25, 0.3) is 16.7 Å². The number of fused-ring (bicyclic) bond motifs is 9. The third-order valence-corrected chi connectivity index (χ3v) is 13.0. The molecule has 3 aromatic heterocycles. The van der Waals surface area contributed by atoms with Crippen LogP contribution in [0.5, 0.6) is 11.5 Å². The van der Waals surface area contributed by atoms with Crippen molar-refractivity contribution in [3.63, 3.8) is 0 Å². The second-order valence-electron chi connectivity index (χ2n) is 13.1. The number of thiophene rings is 2. The van der Waals surface area contributed by atoms with E-state index in [1.54, 1.807) is 14.2 Å². The van der Waals surface area contributed by atoms with Gasteiger partial charge in [0, 0.05) is 36.5 Å². The van der Waals surface area contributed by atoms with E-state index in [9.17, 15) is 0 Å². The summed E-state index contributed by atoms with van der Waals surface area (Å²) in [5.41, 5.74) is 10.7. The van der Waals surface area contributed by atoms with Crippen LogP contribution in [0, 0.1) is 0 Å². The lowest BCUT2D eigenvalue weighted by molar-refractivity contribution is 0.375. The Labute approximate surface area is 291 Å². The predicted molar refractivity (Wildman–Crippen MR) is 202 cm³/mol. The molecule has 4 nitrogen and oxygen atoms in total. The lowest BCUT2D eigenvalue weighted by atomic mass is 9.68. The van der Waals surface area contributed by atoms with Crippen molar-refractivity contribution in [2.24, 2.45) is 4.99 Å². The molecule has 1 aliphatic carbocycles. The van der Waals surface area contributed by atoms with Gasteiger partial charge in [0.15, 0.2) is 0 Å². The molecule has 5 aromatic rings. The first-order valence-corrected chi connectivity index (χ1v) is 18.5. The summed E-state index contributed by atoms with van der Waals surface area (Å²) in [6, 6.07) is 30.9. The van der Waals surface area contributed by atoms with Crippen molar-refractivity contribution in [1.29, 1.82) is 0 Å². The van der Waals surface area contributed by atoms with Gasteiger partial charge in [-0.1, -0.05) is 43.5 Å². The minimum Gasteiger partial charge on any atom is -0.497 e. The van der Waals surface area contributed by atoms with Crippen molar-refractivity contribution in [1.82, 2.24) is 4.98 Å². The van der Waals surface area contributed by atoms with Crippen LogP contribution >= 0.6 is 22.7 Å². The molecule has 8 bridgehead atoms. The number of ether oxygens (including phenoxy) is 2. The van der Waals surface area contributed by atoms with Crippen LogP contribution in [0.3, 0.4) is 0 Å². The highest BCUT2D eigenvalue weighted by Gasteiger charge is 2.41. The molecule has 8 rings (SSSR count). The molecule has 1 spiro atoms. The number of nitrogens with zero attached hydrogens (tertiary/aromatic N) is 1. The van der Waals surface area contributed by atoms with Crippen LogP contribution in [0.4, 0.5) is 0 Å². The predicted octanol–water partition coefficient (Wildman–Crippen LogP) is 11.3. The smallest absolute Gasteiger partial charge is 0.118 e. The number of aromatic nitrogens is 1. The van der Waals surface area contributed by atoms with Gasteiger partial charge in [0.2, 0.25) is 0 Å². The van der Waals surface area contributed by atoms with Gasteiger partial charge >= 0.3 is 0 Å². The molecule has 1 fully saturated rings. The normalized spacial score (nSPS) is 21.7. The third-order valence-electron chi connectivity index (χ3n) is 10.5. The summed E-state index contributed by atoms with van der Waals surface area (Å²) in [6.07, 6.45) is 10.4. The molecule has 5 heterocycles. The van der Waals surface area contributed by atoms with Gasteiger partial charge in [-0.25, -0.2) is 0 Å². The molecule has 1 saturated carbocycles. The Morgan fingerprint density at radius 2 is 1.33 bits per heavy atom. The Bertz CT molecular complexity index is 2090. The van der Waals surface area contributed by atoms with Gasteiger partial charge in [-0.3, -0.25) is 4.99 Å². The highest BCUT2D eigenvalue weighted by atomic mass is 32.1. The molecule has 48 heavy (non-hydrogen) atoms. The fraction of sp³-hybridized carbons (Fsp3) is 0.262. The number of hydrogen-bond donors (Lipinski definition) is 1. The first-order chi connectivity index (χ1) is 23.5. The number of allylic oxidation sites excluding steroid dienone is 4. The van der Waals surface area contributed by atoms with E-state index in [0.29, 0.717) is 0 Å². The van der Waals surface area contributed by atoms with E-state index < -0.39 is 0 Å². The number of aromatic amines is 1. The molecule has 1 unspecified atom stereocenters. The Kier molecular flexibility index (Phi) is 8.10. The van der Waals surface area contributed by atoms with E-state index in [4.69, 9.17) is 14.5 Å². The summed E-state index contributed by atoms with van der Waals surface area (Å²) in [7, 11) is 3.45. The van der Waals surface area contributed by atoms with Crippen LogP contribution in [0.2, 0.25) is 0 Å². The first-order valence-electron chi connectivity index (χ1n) is 16.8. The number of H-pyrrole nitrogens is 1. The molecule has 242 valence electrons. The van der Waals surface area contributed by atoms with E-state index in [2.05, 4.69) is 116 Å². The maximum Gasteiger partial charge on any atom is 0.118 e. The van der Waals surface area contributed by atoms with Crippen LogP contribution in [0.1, 0.15) is 93.9 Å². The van der Waals surface area contributed by atoms with E-state index in [-0.39, 0.29) is 11.3 Å². The molecule has 0 saturated heterocycles. The van der Waals surface area contributed by atoms with Crippen molar-refractivity contribution in [2.45, 2.75) is 57.3 Å². The van der Waals surface area contributed by atoms with Crippen LogP contribution < -0.4 is 9.47 Å². The summed E-state index contributed by atoms with van der Waals surface area (Å²) in [4.78, 5) is 14.7. The summed E-state index contributed by atoms with van der Waals surface area (Å²) >= 11 is 3.75. The number of rotatable bonds is 4. The molecule has 3 aliphatic rings. The molecule has 6 heteroatoms. The average Bonchev–Trinajstić information content (AvgIpc) is 3.97. The zero-order valence-electron chi connectivity index (χ0n) is 27.9. The largest absolute Gasteiger partial charge is 0.497 e. The molecule has 0 radical (unpaired) electrons. The van der Waals surface area contributed by atoms with Gasteiger partial charge in [-0.05, 0) is 122 Å². The number of aliphatic imine (C=N–C) groups is 1. The first kappa shape index (κ1) is 30.9. The number of methoxy groups -OCH3 is 2. The van der Waals surface area contributed by atoms with Crippen LogP contribution in [-0.2, 0) is 5.41 Å². The molecule has 2 aromatic carbocycles. The van der Waals surface area contributed by atoms with E-state index in [1.165, 1.54) is 78.2 Å². The standard InChI is InChI=1S/C42H40N2O2S2/c1-26-27(2)35-19-21-37(48-35)41(29-10-14-31(46-4)15-11-29)33-17-23-39(44-33)42(24-6-5-7-25-42)38-22-16-32(43-38)40(36-20-18-34(26)47-36)28-8-12-30(45-3)13-9-28/h8-23,40,43H,5-7,24-25H2,1-4H3/b27-26-,41-33-. The topological polar surface area (TPSA) is 46.6 Å². The summed E-state index contributed by atoms with van der Waals surface area (Å²) in [6.45, 7) is 4.52. The minimum atomic E-state index is -0.159. The third kappa shape index (κ3) is 5.32. The van der Waals surface area contributed by atoms with Crippen molar-refractivity contribution < 1.29 is 9.47 Å². The highest BCUT2D eigenvalue weighted by Crippen LogP contribution is 2.47. The Hall–Kier alpha value is -4.39. The molecular formula is C42H40N2O2S2. The van der Waals surface area contributed by atoms with Gasteiger partial charge in [-0.2, -0.15) is 0 Å². The lowest BCUT2D eigenvalue weighted by Crippen LogP contribution is -2.37. The molecular weight excluding hydrogens is 629 g/mol. The van der Waals surface area contributed by atoms with Gasteiger partial charge in [0.25, 0.3) is 0 Å². The van der Waals surface area contributed by atoms with Gasteiger partial charge in [0.05, 0.1) is 37.0 Å². The Balaban J connectivity index is 1.37. The number of nitrogens with one attached hydrogen (secondary N) is 1. The number of benzene rings is 2. The van der Waals surface area contributed by atoms with E-state index >= 15 is 0 Å². The average molecular weight is 669 g/mol. The van der Waals surface area contributed by atoms with Crippen molar-refractivity contribution in [3.8, 4) is 11.5 Å². The zero-order valence-corrected chi connectivity index (χ0v) is 29.6. The maximum absolute atomic E-state index is 5.54. The van der Waals surface area contributed by atoms with Crippen molar-refractivity contribution in [3.05, 3.63) is 145 Å². The molecule has 1 atom stereocenters. The number of hydrogen-bond acceptors (Lipinski definition) is 5. The quantitative estimate of drug-likeness (QED) is 0.207. The highest BCUT2D eigenvalue weighted by molar-refractivity contribution is 7.15. The summed E-state index contributed by atoms with van der Waals surface area (Å²) < 4.78 is 11.1. The molecule has 2 aliphatic heterocycles. The summed E-state index contributed by atoms with van der Waals surface area (Å²) in [5, 5.41) is 0. The van der Waals surface area contributed by atoms with Gasteiger partial charge in [0.1, 0.15) is 11.5 Å². The van der Waals surface area contributed by atoms with Crippen LogP contribution in [-0.4, -0.2) is 24.9 Å². The second-order valence-corrected chi connectivity index (χ2v) is 15.3. The van der Waals surface area contributed by atoms with Crippen LogP contribution in [0.15, 0.2) is 108 Å². The second kappa shape index (κ2) is 12.6. The minimum absolute atomic E-state index is 0.0827. The molecule has 0 amide bonds. The summed E-state index contributed by atoms with van der Waals surface area (Å²) in [5.74, 6) is 1.81. The fourth-order valence-electron chi connectivity index (χ4n) is 7.67. The fourth-order valence-corrected chi connectivity index (χ4v) is 10.0. The van der Waals surface area contributed by atoms with E-state index in [0.717, 1.165) is 35.6 Å². The Morgan fingerprint density at radius 3 is 2.04 bits per heavy atom. The Morgan fingerprint density at radius 1 is 0.688 bits per heavy atom. The SMILES string of the molecule is COc1ccc(/C2=C3\C=CC(=N3)C3(CCCCC3)c3ccc([nH]3)C(c3ccc(OC)cc3)c3ccc(s3)/C(C)=C(/C)c3ccc2s3)cc1. The maximum atomic E-state index is 5.54. The van der Waals surface area contributed by atoms with E-state index in [1.807, 2.05) is 22.7 Å². The lowest BCUT2D eigenvalue weighted by Gasteiger charge is -2.36. The van der Waals surface area contributed by atoms with Crippen molar-refractivity contribution in [2.75, 3.05) is 14.2 Å². The van der Waals surface area contributed by atoms with Crippen molar-refractivity contribution >= 4 is 45.1 Å².